The third-order valence-electron chi connectivity index (χ3n) is 1.66. The van der Waals surface area contributed by atoms with Crippen molar-refractivity contribution in [2.24, 2.45) is 4.36 Å². The van der Waals surface area contributed by atoms with Gasteiger partial charge in [0.1, 0.15) is 5.69 Å². The highest BCUT2D eigenvalue weighted by atomic mass is 32.2. The molecule has 0 aliphatic heterocycles. The summed E-state index contributed by atoms with van der Waals surface area (Å²) in [4.78, 5) is 0. The molecule has 1 aromatic heterocycles. The molecule has 0 bridgehead atoms. The predicted octanol–water partition coefficient (Wildman–Crippen LogP) is 1.55. The Morgan fingerprint density at radius 2 is 2.25 bits per heavy atom. The van der Waals surface area contributed by atoms with E-state index in [9.17, 15) is 4.21 Å². The van der Waals surface area contributed by atoms with Crippen LogP contribution in [0.4, 0.5) is 5.69 Å². The fourth-order valence-corrected chi connectivity index (χ4v) is 1.97. The van der Waals surface area contributed by atoms with E-state index < -0.39 is 9.73 Å². The van der Waals surface area contributed by atoms with E-state index in [1.807, 2.05) is 13.8 Å². The van der Waals surface area contributed by atoms with Crippen LogP contribution in [0.1, 0.15) is 13.8 Å². The summed E-state index contributed by atoms with van der Waals surface area (Å²) in [5.41, 5.74) is 0.670. The maximum Gasteiger partial charge on any atom is 0.111 e. The standard InChI is InChI=1S/C7H13N3OS/c1-3-12(11,4-2)10-7-5-8-9-6-7/h5-6H,3-4H2,1-2H3,(H,8,9). The minimum atomic E-state index is -2.02. The van der Waals surface area contributed by atoms with Crippen LogP contribution in [0.25, 0.3) is 0 Å². The molecule has 0 spiro atoms. The van der Waals surface area contributed by atoms with Gasteiger partial charge in [0.05, 0.1) is 15.9 Å². The molecule has 0 unspecified atom stereocenters. The summed E-state index contributed by atoms with van der Waals surface area (Å²) in [7, 11) is -2.02. The highest BCUT2D eigenvalue weighted by Crippen LogP contribution is 2.11. The van der Waals surface area contributed by atoms with Gasteiger partial charge in [0, 0.05) is 17.7 Å². The van der Waals surface area contributed by atoms with Crippen LogP contribution in [0.15, 0.2) is 16.8 Å². The van der Waals surface area contributed by atoms with E-state index in [1.165, 1.54) is 0 Å². The molecule has 0 amide bonds. The molecular formula is C7H13N3OS. The summed E-state index contributed by atoms with van der Waals surface area (Å²) in [6.07, 6.45) is 3.22. The number of nitrogens with one attached hydrogen (secondary N) is 1. The smallest absolute Gasteiger partial charge is 0.111 e. The van der Waals surface area contributed by atoms with E-state index in [0.717, 1.165) is 0 Å². The van der Waals surface area contributed by atoms with E-state index in [0.29, 0.717) is 17.2 Å². The van der Waals surface area contributed by atoms with E-state index in [4.69, 9.17) is 0 Å². The van der Waals surface area contributed by atoms with Gasteiger partial charge >= 0.3 is 0 Å². The monoisotopic (exact) mass is 187 g/mol. The number of nitrogens with zero attached hydrogens (tertiary/aromatic N) is 2. The van der Waals surface area contributed by atoms with Crippen LogP contribution in [0.2, 0.25) is 0 Å². The molecule has 0 radical (unpaired) electrons. The minimum Gasteiger partial charge on any atom is -0.283 e. The molecule has 0 aliphatic rings. The lowest BCUT2D eigenvalue weighted by Crippen LogP contribution is -2.04. The maximum absolute atomic E-state index is 11.8. The van der Waals surface area contributed by atoms with E-state index in [2.05, 4.69) is 14.6 Å². The van der Waals surface area contributed by atoms with Crippen molar-refractivity contribution < 1.29 is 4.21 Å². The first kappa shape index (κ1) is 9.25. The van der Waals surface area contributed by atoms with Crippen molar-refractivity contribution in [3.05, 3.63) is 12.4 Å². The summed E-state index contributed by atoms with van der Waals surface area (Å²) < 4.78 is 15.9. The Bertz CT molecular complexity index is 326. The van der Waals surface area contributed by atoms with Crippen molar-refractivity contribution >= 4 is 15.4 Å². The Labute approximate surface area is 72.6 Å². The first-order valence-electron chi connectivity index (χ1n) is 3.91. The van der Waals surface area contributed by atoms with Crippen LogP contribution in [-0.4, -0.2) is 25.9 Å². The van der Waals surface area contributed by atoms with E-state index >= 15 is 0 Å². The highest BCUT2D eigenvalue weighted by molar-refractivity contribution is 7.93. The maximum atomic E-state index is 11.8. The molecule has 1 heterocycles. The SMILES string of the molecule is CCS(=O)(CC)=Nc1cn[nH]c1. The third-order valence-corrected chi connectivity index (χ3v) is 4.01. The molecule has 1 rings (SSSR count). The summed E-state index contributed by atoms with van der Waals surface area (Å²) in [5, 5.41) is 6.36. The molecule has 0 fully saturated rings. The molecule has 5 heteroatoms. The van der Waals surface area contributed by atoms with Crippen molar-refractivity contribution in [1.82, 2.24) is 10.2 Å². The van der Waals surface area contributed by atoms with Gasteiger partial charge in [-0.1, -0.05) is 13.8 Å². The van der Waals surface area contributed by atoms with Crippen molar-refractivity contribution in [3.63, 3.8) is 0 Å². The van der Waals surface area contributed by atoms with Gasteiger partial charge in [-0.15, -0.1) is 0 Å². The van der Waals surface area contributed by atoms with Crippen molar-refractivity contribution in [3.8, 4) is 0 Å². The molecule has 0 atom stereocenters. The Kier molecular flexibility index (Phi) is 2.86. The summed E-state index contributed by atoms with van der Waals surface area (Å²) in [6.45, 7) is 3.77. The lowest BCUT2D eigenvalue weighted by Gasteiger charge is -2.01. The second kappa shape index (κ2) is 3.71. The van der Waals surface area contributed by atoms with Crippen LogP contribution in [-0.2, 0) is 9.73 Å². The predicted molar refractivity (Wildman–Crippen MR) is 49.9 cm³/mol. The Balaban J connectivity index is 3.02. The van der Waals surface area contributed by atoms with Crippen molar-refractivity contribution in [2.45, 2.75) is 13.8 Å². The number of aromatic amines is 1. The van der Waals surface area contributed by atoms with Gasteiger partial charge in [-0.05, 0) is 0 Å². The molecule has 0 aromatic carbocycles. The van der Waals surface area contributed by atoms with Crippen molar-refractivity contribution in [1.29, 1.82) is 0 Å². The highest BCUT2D eigenvalue weighted by Gasteiger charge is 2.02. The first-order chi connectivity index (χ1) is 5.70. The molecule has 1 aromatic rings. The zero-order chi connectivity index (χ0) is 9.03. The fourth-order valence-electron chi connectivity index (χ4n) is 0.819. The fraction of sp³-hybridized carbons (Fsp3) is 0.571. The largest absolute Gasteiger partial charge is 0.283 e. The molecule has 4 nitrogen and oxygen atoms in total. The van der Waals surface area contributed by atoms with E-state index in [-0.39, 0.29) is 0 Å². The lowest BCUT2D eigenvalue weighted by atomic mass is 10.6. The van der Waals surface area contributed by atoms with Crippen LogP contribution in [0, 0.1) is 0 Å². The van der Waals surface area contributed by atoms with E-state index in [1.54, 1.807) is 12.4 Å². The van der Waals surface area contributed by atoms with Gasteiger partial charge in [-0.2, -0.15) is 9.46 Å². The number of hydrogen-bond donors (Lipinski definition) is 1. The zero-order valence-electron chi connectivity index (χ0n) is 7.28. The number of hydrogen-bond acceptors (Lipinski definition) is 3. The first-order valence-corrected chi connectivity index (χ1v) is 5.77. The molecule has 12 heavy (non-hydrogen) atoms. The molecule has 1 N–H and O–H groups in total. The molecule has 68 valence electrons. The minimum absolute atomic E-state index is 0.592. The molecule has 0 saturated heterocycles. The van der Waals surface area contributed by atoms with Crippen LogP contribution >= 0.6 is 0 Å². The van der Waals surface area contributed by atoms with Gasteiger partial charge in [0.2, 0.25) is 0 Å². The molecule has 0 saturated carbocycles. The van der Waals surface area contributed by atoms with Crippen LogP contribution in [0.5, 0.6) is 0 Å². The lowest BCUT2D eigenvalue weighted by molar-refractivity contribution is 0.678. The zero-order valence-corrected chi connectivity index (χ0v) is 8.10. The van der Waals surface area contributed by atoms with Crippen molar-refractivity contribution in [2.75, 3.05) is 11.5 Å². The topological polar surface area (TPSA) is 58.1 Å². The quantitative estimate of drug-likeness (QED) is 0.780. The summed E-state index contributed by atoms with van der Waals surface area (Å²) in [6, 6.07) is 0. The summed E-state index contributed by atoms with van der Waals surface area (Å²) in [5.74, 6) is 1.18. The van der Waals surface area contributed by atoms with Gasteiger partial charge < -0.3 is 0 Å². The molecular weight excluding hydrogens is 174 g/mol. The normalized spacial score (nSPS) is 11.5. The number of aromatic nitrogens is 2. The van der Waals surface area contributed by atoms with Crippen LogP contribution < -0.4 is 0 Å². The summed E-state index contributed by atoms with van der Waals surface area (Å²) >= 11 is 0. The number of rotatable bonds is 3. The molecule has 0 aliphatic carbocycles. The Morgan fingerprint density at radius 1 is 1.58 bits per heavy atom. The Hall–Kier alpha value is -0.840. The van der Waals surface area contributed by atoms with Crippen LogP contribution in [0.3, 0.4) is 0 Å². The second-order valence-electron chi connectivity index (χ2n) is 2.40. The van der Waals surface area contributed by atoms with Gasteiger partial charge in [0.25, 0.3) is 0 Å². The van der Waals surface area contributed by atoms with Gasteiger partial charge in [-0.25, -0.2) is 4.21 Å². The second-order valence-corrected chi connectivity index (χ2v) is 5.28. The van der Waals surface area contributed by atoms with Gasteiger partial charge in [-0.3, -0.25) is 5.10 Å². The van der Waals surface area contributed by atoms with Gasteiger partial charge in [0.15, 0.2) is 0 Å². The Morgan fingerprint density at radius 3 is 2.67 bits per heavy atom. The average Bonchev–Trinajstić information content (AvgIpc) is 2.57. The number of H-pyrrole nitrogens is 1. The third kappa shape index (κ3) is 2.07. The average molecular weight is 187 g/mol.